The molecule has 20 heavy (non-hydrogen) atoms. The van der Waals surface area contributed by atoms with Crippen molar-refractivity contribution in [2.24, 2.45) is 17.1 Å². The Morgan fingerprint density at radius 3 is 2.60 bits per heavy atom. The lowest BCUT2D eigenvalue weighted by Gasteiger charge is -2.40. The molecule has 5 heteroatoms. The van der Waals surface area contributed by atoms with Gasteiger partial charge in [0.25, 0.3) is 0 Å². The first-order valence-corrected chi connectivity index (χ1v) is 7.72. The zero-order valence-corrected chi connectivity index (χ0v) is 12.7. The van der Waals surface area contributed by atoms with E-state index in [9.17, 15) is 9.59 Å². The minimum Gasteiger partial charge on any atom is -0.344 e. The summed E-state index contributed by atoms with van der Waals surface area (Å²) in [6.45, 7) is 4.25. The molecule has 1 aliphatic heterocycles. The molecule has 2 amide bonds. The van der Waals surface area contributed by atoms with Gasteiger partial charge in [-0.05, 0) is 38.0 Å². The summed E-state index contributed by atoms with van der Waals surface area (Å²) in [5, 5.41) is 0. The largest absolute Gasteiger partial charge is 0.344 e. The molecule has 0 aromatic heterocycles. The third kappa shape index (κ3) is 2.97. The van der Waals surface area contributed by atoms with E-state index >= 15 is 0 Å². The average Bonchev–Trinajstić information content (AvgIpc) is 2.62. The molecule has 114 valence electrons. The molecule has 1 saturated carbocycles. The van der Waals surface area contributed by atoms with Crippen LogP contribution in [0.1, 0.15) is 39.0 Å². The fourth-order valence-electron chi connectivity index (χ4n) is 3.32. The predicted molar refractivity (Wildman–Crippen MR) is 78.0 cm³/mol. The Bertz CT molecular complexity index is 375. The van der Waals surface area contributed by atoms with E-state index in [0.717, 1.165) is 38.6 Å². The van der Waals surface area contributed by atoms with Crippen molar-refractivity contribution in [3.8, 4) is 0 Å². The minimum absolute atomic E-state index is 0.0344. The number of likely N-dealkylation sites (N-methyl/N-ethyl adjacent to an activating group) is 1. The number of amides is 2. The number of nitrogens with zero attached hydrogens (tertiary/aromatic N) is 2. The van der Waals surface area contributed by atoms with Crippen LogP contribution in [-0.2, 0) is 9.59 Å². The third-order valence-electron chi connectivity index (χ3n) is 5.04. The van der Waals surface area contributed by atoms with Gasteiger partial charge in [0.15, 0.2) is 0 Å². The summed E-state index contributed by atoms with van der Waals surface area (Å²) in [4.78, 5) is 28.3. The van der Waals surface area contributed by atoms with E-state index in [1.165, 1.54) is 0 Å². The van der Waals surface area contributed by atoms with Gasteiger partial charge in [-0.2, -0.15) is 0 Å². The lowest BCUT2D eigenvalue weighted by molar-refractivity contribution is -0.147. The van der Waals surface area contributed by atoms with Crippen LogP contribution in [0.3, 0.4) is 0 Å². The second-order valence-corrected chi connectivity index (χ2v) is 6.56. The van der Waals surface area contributed by atoms with Gasteiger partial charge >= 0.3 is 0 Å². The SMILES string of the molecule is CC1CCC(CN)(C(=O)N2CCCN(C)C(=O)C2)CC1. The molecule has 0 spiro atoms. The van der Waals surface area contributed by atoms with Crippen LogP contribution in [0, 0.1) is 11.3 Å². The van der Waals surface area contributed by atoms with Crippen molar-refractivity contribution >= 4 is 11.8 Å². The highest BCUT2D eigenvalue weighted by Gasteiger charge is 2.43. The first-order valence-electron chi connectivity index (χ1n) is 7.72. The fraction of sp³-hybridized carbons (Fsp3) is 0.867. The van der Waals surface area contributed by atoms with Crippen molar-refractivity contribution in [1.82, 2.24) is 9.80 Å². The second-order valence-electron chi connectivity index (χ2n) is 6.56. The molecule has 2 rings (SSSR count). The average molecular weight is 281 g/mol. The number of hydrogen-bond donors (Lipinski definition) is 1. The van der Waals surface area contributed by atoms with Crippen molar-refractivity contribution in [3.63, 3.8) is 0 Å². The summed E-state index contributed by atoms with van der Waals surface area (Å²) >= 11 is 0. The molecule has 2 N–H and O–H groups in total. The maximum atomic E-state index is 12.9. The van der Waals surface area contributed by atoms with Crippen molar-refractivity contribution in [2.75, 3.05) is 33.2 Å². The Labute approximate surface area is 121 Å². The van der Waals surface area contributed by atoms with E-state index in [-0.39, 0.29) is 18.4 Å². The van der Waals surface area contributed by atoms with Crippen molar-refractivity contribution in [2.45, 2.75) is 39.0 Å². The maximum Gasteiger partial charge on any atom is 0.241 e. The standard InChI is InChI=1S/C15H27N3O2/c1-12-4-6-15(11-16,7-5-12)14(20)18-9-3-8-17(2)13(19)10-18/h12H,3-11,16H2,1-2H3. The molecule has 0 radical (unpaired) electrons. The molecule has 0 unspecified atom stereocenters. The Balaban J connectivity index is 2.10. The normalized spacial score (nSPS) is 32.1. The lowest BCUT2D eigenvalue weighted by atomic mass is 9.70. The Hall–Kier alpha value is -1.10. The van der Waals surface area contributed by atoms with Gasteiger partial charge in [-0.3, -0.25) is 9.59 Å². The summed E-state index contributed by atoms with van der Waals surface area (Å²) < 4.78 is 0. The van der Waals surface area contributed by atoms with Gasteiger partial charge in [0.2, 0.25) is 11.8 Å². The van der Waals surface area contributed by atoms with Gasteiger partial charge in [-0.15, -0.1) is 0 Å². The molecule has 1 heterocycles. The van der Waals surface area contributed by atoms with Crippen LogP contribution in [0.5, 0.6) is 0 Å². The summed E-state index contributed by atoms with van der Waals surface area (Å²) in [6.07, 6.45) is 4.70. The van der Waals surface area contributed by atoms with Crippen LogP contribution in [0.15, 0.2) is 0 Å². The summed E-state index contributed by atoms with van der Waals surface area (Å²) in [7, 11) is 1.80. The molecule has 2 fully saturated rings. The van der Waals surface area contributed by atoms with E-state index in [1.807, 2.05) is 0 Å². The fourth-order valence-corrected chi connectivity index (χ4v) is 3.32. The maximum absolute atomic E-state index is 12.9. The van der Waals surface area contributed by atoms with Crippen molar-refractivity contribution in [1.29, 1.82) is 0 Å². The van der Waals surface area contributed by atoms with Gasteiger partial charge < -0.3 is 15.5 Å². The van der Waals surface area contributed by atoms with Crippen LogP contribution in [0.2, 0.25) is 0 Å². The molecule has 0 bridgehead atoms. The van der Waals surface area contributed by atoms with Gasteiger partial charge in [0, 0.05) is 26.7 Å². The van der Waals surface area contributed by atoms with E-state index < -0.39 is 5.41 Å². The van der Waals surface area contributed by atoms with Crippen molar-refractivity contribution in [3.05, 3.63) is 0 Å². The first kappa shape index (κ1) is 15.3. The van der Waals surface area contributed by atoms with Crippen LogP contribution >= 0.6 is 0 Å². The number of carbonyl (C=O) groups excluding carboxylic acids is 2. The van der Waals surface area contributed by atoms with E-state index in [1.54, 1.807) is 16.8 Å². The highest BCUT2D eigenvalue weighted by atomic mass is 16.2. The zero-order chi connectivity index (χ0) is 14.8. The van der Waals surface area contributed by atoms with Gasteiger partial charge in [-0.25, -0.2) is 0 Å². The number of hydrogen-bond acceptors (Lipinski definition) is 3. The van der Waals surface area contributed by atoms with Gasteiger partial charge in [-0.1, -0.05) is 6.92 Å². The monoisotopic (exact) mass is 281 g/mol. The quantitative estimate of drug-likeness (QED) is 0.815. The van der Waals surface area contributed by atoms with E-state index in [2.05, 4.69) is 6.92 Å². The topological polar surface area (TPSA) is 66.6 Å². The zero-order valence-electron chi connectivity index (χ0n) is 12.7. The Kier molecular flexibility index (Phi) is 4.68. The van der Waals surface area contributed by atoms with Crippen LogP contribution in [0.4, 0.5) is 0 Å². The smallest absolute Gasteiger partial charge is 0.241 e. The van der Waals surface area contributed by atoms with E-state index in [0.29, 0.717) is 19.0 Å². The Morgan fingerprint density at radius 1 is 1.35 bits per heavy atom. The molecule has 0 aromatic carbocycles. The number of rotatable bonds is 2. The lowest BCUT2D eigenvalue weighted by Crippen LogP contribution is -2.51. The Morgan fingerprint density at radius 2 is 2.00 bits per heavy atom. The third-order valence-corrected chi connectivity index (χ3v) is 5.04. The van der Waals surface area contributed by atoms with Crippen LogP contribution in [0.25, 0.3) is 0 Å². The summed E-state index contributed by atoms with van der Waals surface area (Å²) in [6, 6.07) is 0. The van der Waals surface area contributed by atoms with Crippen molar-refractivity contribution < 1.29 is 9.59 Å². The number of nitrogens with two attached hydrogens (primary N) is 1. The van der Waals surface area contributed by atoms with Gasteiger partial charge in [0.05, 0.1) is 12.0 Å². The minimum atomic E-state index is -0.421. The van der Waals surface area contributed by atoms with E-state index in [4.69, 9.17) is 5.73 Å². The highest BCUT2D eigenvalue weighted by Crippen LogP contribution is 2.39. The second kappa shape index (κ2) is 6.12. The highest BCUT2D eigenvalue weighted by molar-refractivity contribution is 5.88. The van der Waals surface area contributed by atoms with Gasteiger partial charge in [0.1, 0.15) is 0 Å². The summed E-state index contributed by atoms with van der Waals surface area (Å²) in [5.41, 5.74) is 5.53. The van der Waals surface area contributed by atoms with Crippen LogP contribution < -0.4 is 5.73 Å². The molecule has 1 aliphatic carbocycles. The van der Waals surface area contributed by atoms with Crippen LogP contribution in [-0.4, -0.2) is 54.8 Å². The number of carbonyl (C=O) groups is 2. The molecular formula is C15H27N3O2. The molecule has 0 atom stereocenters. The molecule has 2 aliphatic rings. The molecular weight excluding hydrogens is 254 g/mol. The summed E-state index contributed by atoms with van der Waals surface area (Å²) in [5.74, 6) is 0.821. The molecule has 5 nitrogen and oxygen atoms in total. The first-order chi connectivity index (χ1) is 9.48. The molecule has 0 aromatic rings. The predicted octanol–water partition coefficient (Wildman–Crippen LogP) is 0.832. The molecule has 1 saturated heterocycles.